The number of rotatable bonds is 7. The van der Waals surface area contributed by atoms with Crippen LogP contribution < -0.4 is 9.47 Å². The molecule has 0 saturated heterocycles. The molecule has 1 unspecified atom stereocenters. The normalized spacial score (nSPS) is 16.7. The third-order valence-corrected chi connectivity index (χ3v) is 4.68. The van der Waals surface area contributed by atoms with E-state index in [9.17, 15) is 4.79 Å². The highest BCUT2D eigenvalue weighted by atomic mass is 16.5. The van der Waals surface area contributed by atoms with Crippen LogP contribution in [0.15, 0.2) is 77.7 Å². The summed E-state index contributed by atoms with van der Waals surface area (Å²) < 4.78 is 11.8. The second-order valence-corrected chi connectivity index (χ2v) is 7.23. The van der Waals surface area contributed by atoms with Crippen LogP contribution in [0, 0.1) is 12.8 Å². The first-order valence-electron chi connectivity index (χ1n) is 9.52. The molecule has 1 N–H and O–H groups in total. The van der Waals surface area contributed by atoms with Gasteiger partial charge in [-0.05, 0) is 55.9 Å². The van der Waals surface area contributed by atoms with Crippen molar-refractivity contribution >= 4 is 5.97 Å². The second kappa shape index (κ2) is 9.24. The number of ether oxygens (including phenoxy) is 2. The molecule has 1 heterocycles. The number of hydrogen-bond donors (Lipinski definition) is 1. The van der Waals surface area contributed by atoms with Crippen LogP contribution in [-0.4, -0.2) is 16.1 Å². The van der Waals surface area contributed by atoms with Gasteiger partial charge in [-0.15, -0.1) is 0 Å². The number of aryl methyl sites for hydroxylation is 1. The smallest absolute Gasteiger partial charge is 0.327 e. The number of benzene rings is 1. The van der Waals surface area contributed by atoms with Gasteiger partial charge in [0.1, 0.15) is 18.1 Å². The Balaban J connectivity index is 1.60. The van der Waals surface area contributed by atoms with E-state index in [0.717, 1.165) is 22.5 Å². The highest BCUT2D eigenvalue weighted by Gasteiger charge is 2.18. The average Bonchev–Trinajstić information content (AvgIpc) is 2.69. The van der Waals surface area contributed by atoms with Crippen LogP contribution >= 0.6 is 0 Å². The fourth-order valence-corrected chi connectivity index (χ4v) is 3.20. The van der Waals surface area contributed by atoms with E-state index >= 15 is 0 Å². The van der Waals surface area contributed by atoms with E-state index < -0.39 is 5.97 Å². The van der Waals surface area contributed by atoms with Crippen LogP contribution in [0.4, 0.5) is 0 Å². The highest BCUT2D eigenvalue weighted by Crippen LogP contribution is 2.31. The summed E-state index contributed by atoms with van der Waals surface area (Å²) in [5.41, 5.74) is 4.35. The number of hydrogen-bond acceptors (Lipinski definition) is 4. The molecule has 2 aromatic rings. The second-order valence-electron chi connectivity index (χ2n) is 7.23. The Bertz CT molecular complexity index is 953. The topological polar surface area (TPSA) is 68.7 Å². The predicted octanol–water partition coefficient (Wildman–Crippen LogP) is 5.23. The van der Waals surface area contributed by atoms with Crippen molar-refractivity contribution in [2.24, 2.45) is 5.92 Å². The van der Waals surface area contributed by atoms with Crippen molar-refractivity contribution in [1.29, 1.82) is 0 Å². The zero-order valence-corrected chi connectivity index (χ0v) is 16.9. The molecule has 1 atom stereocenters. The lowest BCUT2D eigenvalue weighted by Gasteiger charge is -2.22. The minimum absolute atomic E-state index is 0.0592. The Morgan fingerprint density at radius 3 is 2.55 bits per heavy atom. The molecule has 0 fully saturated rings. The Hall–Kier alpha value is -3.34. The first-order valence-corrected chi connectivity index (χ1v) is 9.52. The zero-order valence-electron chi connectivity index (χ0n) is 16.9. The maximum atomic E-state index is 10.7. The van der Waals surface area contributed by atoms with Gasteiger partial charge in [0.2, 0.25) is 5.88 Å². The van der Waals surface area contributed by atoms with Crippen molar-refractivity contribution in [3.05, 3.63) is 88.9 Å². The van der Waals surface area contributed by atoms with Gasteiger partial charge in [-0.25, -0.2) is 9.78 Å². The molecular weight excluding hydrogens is 366 g/mol. The maximum absolute atomic E-state index is 10.7. The summed E-state index contributed by atoms with van der Waals surface area (Å²) in [6.45, 7) is 6.49. The van der Waals surface area contributed by atoms with Crippen LogP contribution in [0.3, 0.4) is 0 Å². The van der Waals surface area contributed by atoms with Gasteiger partial charge in [-0.3, -0.25) is 0 Å². The number of aromatic nitrogens is 1. The van der Waals surface area contributed by atoms with Crippen molar-refractivity contribution in [1.82, 2.24) is 4.98 Å². The molecule has 5 heteroatoms. The highest BCUT2D eigenvalue weighted by molar-refractivity contribution is 5.79. The molecule has 0 saturated carbocycles. The SMILES string of the molecule is CC1=CC(/C=C/C(=O)O)CC(C)=C1Oc1ccc(OCc2ccc(C)cc2)cn1. The van der Waals surface area contributed by atoms with Crippen molar-refractivity contribution in [3.63, 3.8) is 0 Å². The van der Waals surface area contributed by atoms with Gasteiger partial charge >= 0.3 is 5.97 Å². The molecule has 150 valence electrons. The van der Waals surface area contributed by atoms with E-state index in [4.69, 9.17) is 14.6 Å². The van der Waals surface area contributed by atoms with Gasteiger partial charge in [0.15, 0.2) is 0 Å². The largest absolute Gasteiger partial charge is 0.487 e. The molecule has 0 aliphatic heterocycles. The standard InChI is InChI=1S/C24H25NO4/c1-16-4-6-19(7-5-16)15-28-21-9-10-22(25-14-21)29-24-17(2)12-20(13-18(24)3)8-11-23(26)27/h4-12,14,20H,13,15H2,1-3H3,(H,26,27)/b11-8+. The number of nitrogens with zero attached hydrogens (tertiary/aromatic N) is 1. The number of carbonyl (C=O) groups is 1. The average molecular weight is 391 g/mol. The molecular formula is C24H25NO4. The van der Waals surface area contributed by atoms with Gasteiger partial charge < -0.3 is 14.6 Å². The van der Waals surface area contributed by atoms with Crippen LogP contribution in [0.2, 0.25) is 0 Å². The number of allylic oxidation sites excluding steroid dienone is 4. The molecule has 0 spiro atoms. The quantitative estimate of drug-likeness (QED) is 0.655. The minimum Gasteiger partial charge on any atom is -0.487 e. The summed E-state index contributed by atoms with van der Waals surface area (Å²) >= 11 is 0. The Morgan fingerprint density at radius 1 is 1.17 bits per heavy atom. The molecule has 0 radical (unpaired) electrons. The van der Waals surface area contributed by atoms with Gasteiger partial charge in [0, 0.05) is 12.1 Å². The lowest BCUT2D eigenvalue weighted by Crippen LogP contribution is -2.10. The molecule has 1 aromatic carbocycles. The molecule has 1 aromatic heterocycles. The van der Waals surface area contributed by atoms with E-state index in [1.165, 1.54) is 11.6 Å². The summed E-state index contributed by atoms with van der Waals surface area (Å²) in [6.07, 6.45) is 7.27. The zero-order chi connectivity index (χ0) is 20.8. The summed E-state index contributed by atoms with van der Waals surface area (Å²) in [7, 11) is 0. The Morgan fingerprint density at radius 2 is 1.93 bits per heavy atom. The molecule has 3 rings (SSSR count). The van der Waals surface area contributed by atoms with E-state index in [1.807, 2.05) is 38.1 Å². The first kappa shape index (κ1) is 20.4. The van der Waals surface area contributed by atoms with Gasteiger partial charge in [0.25, 0.3) is 0 Å². The van der Waals surface area contributed by atoms with Gasteiger partial charge in [0.05, 0.1) is 6.20 Å². The molecule has 29 heavy (non-hydrogen) atoms. The first-order chi connectivity index (χ1) is 13.9. The van der Waals surface area contributed by atoms with Gasteiger partial charge in [-0.2, -0.15) is 0 Å². The van der Waals surface area contributed by atoms with E-state index in [1.54, 1.807) is 18.3 Å². The van der Waals surface area contributed by atoms with Gasteiger partial charge in [-0.1, -0.05) is 42.0 Å². The van der Waals surface area contributed by atoms with Crippen molar-refractivity contribution in [3.8, 4) is 11.6 Å². The molecule has 0 amide bonds. The molecule has 1 aliphatic carbocycles. The van der Waals surface area contributed by atoms with Crippen LogP contribution in [-0.2, 0) is 11.4 Å². The van der Waals surface area contributed by atoms with Crippen molar-refractivity contribution < 1.29 is 19.4 Å². The maximum Gasteiger partial charge on any atom is 0.327 e. The number of aliphatic carboxylic acids is 1. The minimum atomic E-state index is -0.936. The Labute approximate surface area is 171 Å². The van der Waals surface area contributed by atoms with E-state index in [-0.39, 0.29) is 5.92 Å². The Kier molecular flexibility index (Phi) is 6.50. The number of carboxylic acid groups (broad SMARTS) is 1. The molecule has 0 bridgehead atoms. The fraction of sp³-hybridized carbons (Fsp3) is 0.250. The summed E-state index contributed by atoms with van der Waals surface area (Å²) in [6, 6.07) is 11.8. The van der Waals surface area contributed by atoms with Crippen molar-refractivity contribution in [2.75, 3.05) is 0 Å². The predicted molar refractivity (Wildman–Crippen MR) is 112 cm³/mol. The van der Waals surface area contributed by atoms with Crippen LogP contribution in [0.1, 0.15) is 31.4 Å². The fourth-order valence-electron chi connectivity index (χ4n) is 3.20. The van der Waals surface area contributed by atoms with Crippen LogP contribution in [0.25, 0.3) is 0 Å². The van der Waals surface area contributed by atoms with E-state index in [2.05, 4.69) is 24.0 Å². The number of carboxylic acids is 1. The lowest BCUT2D eigenvalue weighted by atomic mass is 9.90. The molecule has 5 nitrogen and oxygen atoms in total. The van der Waals surface area contributed by atoms with Crippen molar-refractivity contribution in [2.45, 2.75) is 33.8 Å². The third-order valence-electron chi connectivity index (χ3n) is 4.68. The molecule has 1 aliphatic rings. The summed E-state index contributed by atoms with van der Waals surface area (Å²) in [5.74, 6) is 1.08. The van der Waals surface area contributed by atoms with Crippen LogP contribution in [0.5, 0.6) is 11.6 Å². The summed E-state index contributed by atoms with van der Waals surface area (Å²) in [4.78, 5) is 15.1. The lowest BCUT2D eigenvalue weighted by molar-refractivity contribution is -0.131. The number of pyridine rings is 1. The monoisotopic (exact) mass is 391 g/mol. The summed E-state index contributed by atoms with van der Waals surface area (Å²) in [5, 5.41) is 8.80. The van der Waals surface area contributed by atoms with E-state index in [0.29, 0.717) is 24.7 Å². The third kappa shape index (κ3) is 5.82.